The molecule has 0 aliphatic heterocycles. The molecule has 4 aromatic rings. The number of alkyl halides is 3. The van der Waals surface area contributed by atoms with Gasteiger partial charge in [-0.05, 0) is 60.2 Å². The van der Waals surface area contributed by atoms with Crippen LogP contribution in [0.5, 0.6) is 11.5 Å². The number of para-hydroxylation sites is 1. The van der Waals surface area contributed by atoms with E-state index in [4.69, 9.17) is 21.4 Å². The molecular weight excluding hydrogens is 465 g/mol. The van der Waals surface area contributed by atoms with Gasteiger partial charge >= 0.3 is 6.18 Å². The van der Waals surface area contributed by atoms with Crippen LogP contribution in [0.4, 0.5) is 18.9 Å². The first-order chi connectivity index (χ1) is 16.3. The zero-order valence-corrected chi connectivity index (χ0v) is 18.2. The maximum atomic E-state index is 13.1. The lowest BCUT2D eigenvalue weighted by molar-refractivity contribution is -0.137. The zero-order valence-electron chi connectivity index (χ0n) is 17.4. The number of amides is 1. The van der Waals surface area contributed by atoms with Crippen LogP contribution in [0, 0.1) is 0 Å². The Morgan fingerprint density at radius 3 is 2.38 bits per heavy atom. The molecule has 0 atom stereocenters. The summed E-state index contributed by atoms with van der Waals surface area (Å²) < 4.78 is 50.2. The van der Waals surface area contributed by atoms with Crippen LogP contribution in [0.3, 0.4) is 0 Å². The van der Waals surface area contributed by atoms with Gasteiger partial charge in [-0.1, -0.05) is 36.4 Å². The van der Waals surface area contributed by atoms with Crippen LogP contribution in [-0.2, 0) is 6.18 Å². The topological polar surface area (TPSA) is 63.5 Å². The van der Waals surface area contributed by atoms with E-state index >= 15 is 0 Å². The van der Waals surface area contributed by atoms with Crippen LogP contribution in [0.15, 0.2) is 95.6 Å². The van der Waals surface area contributed by atoms with Crippen LogP contribution < -0.4 is 15.4 Å². The molecule has 0 saturated carbocycles. The summed E-state index contributed by atoms with van der Waals surface area (Å²) in [6.07, 6.45) is -3.28. The van der Waals surface area contributed by atoms with Crippen molar-refractivity contribution in [1.82, 2.24) is 5.32 Å². The number of furan rings is 1. The SMILES string of the molecule is O=C(NC(=S)Nc1cccc(Oc2ccccc2)c1)c1occc1-c1cccc(C(F)(F)F)c1. The molecule has 1 amide bonds. The molecule has 0 spiro atoms. The van der Waals surface area contributed by atoms with Gasteiger partial charge in [0.2, 0.25) is 0 Å². The molecule has 2 N–H and O–H groups in total. The molecular formula is C25H17F3N2O3S. The summed E-state index contributed by atoms with van der Waals surface area (Å²) in [6.45, 7) is 0. The average Bonchev–Trinajstić information content (AvgIpc) is 3.30. The Hall–Kier alpha value is -4.11. The van der Waals surface area contributed by atoms with Crippen molar-refractivity contribution in [1.29, 1.82) is 0 Å². The molecule has 0 saturated heterocycles. The maximum absolute atomic E-state index is 13.1. The summed E-state index contributed by atoms with van der Waals surface area (Å²) in [6, 6.07) is 22.2. The highest BCUT2D eigenvalue weighted by Crippen LogP contribution is 2.33. The van der Waals surface area contributed by atoms with Crippen molar-refractivity contribution in [2.24, 2.45) is 0 Å². The lowest BCUT2D eigenvalue weighted by Crippen LogP contribution is -2.34. The van der Waals surface area contributed by atoms with Gasteiger partial charge in [0.15, 0.2) is 10.9 Å². The highest BCUT2D eigenvalue weighted by molar-refractivity contribution is 7.80. The molecule has 0 radical (unpaired) electrons. The molecule has 0 fully saturated rings. The molecule has 172 valence electrons. The zero-order chi connectivity index (χ0) is 24.1. The number of ether oxygens (including phenoxy) is 1. The summed E-state index contributed by atoms with van der Waals surface area (Å²) >= 11 is 5.21. The van der Waals surface area contributed by atoms with Crippen molar-refractivity contribution in [3.8, 4) is 22.6 Å². The third-order valence-corrected chi connectivity index (χ3v) is 4.87. The van der Waals surface area contributed by atoms with Crippen molar-refractivity contribution in [3.63, 3.8) is 0 Å². The number of anilines is 1. The van der Waals surface area contributed by atoms with E-state index in [2.05, 4.69) is 10.6 Å². The van der Waals surface area contributed by atoms with Gasteiger partial charge in [-0.3, -0.25) is 10.1 Å². The van der Waals surface area contributed by atoms with Crippen molar-refractivity contribution in [2.75, 3.05) is 5.32 Å². The van der Waals surface area contributed by atoms with Gasteiger partial charge in [-0.2, -0.15) is 13.2 Å². The molecule has 1 aromatic heterocycles. The second-order valence-corrected chi connectivity index (χ2v) is 7.50. The predicted octanol–water partition coefficient (Wildman–Crippen LogP) is 6.88. The van der Waals surface area contributed by atoms with Crippen LogP contribution in [-0.4, -0.2) is 11.0 Å². The van der Waals surface area contributed by atoms with Gasteiger partial charge in [0, 0.05) is 17.3 Å². The first-order valence-corrected chi connectivity index (χ1v) is 10.4. The Morgan fingerprint density at radius 2 is 1.62 bits per heavy atom. The van der Waals surface area contributed by atoms with E-state index in [9.17, 15) is 18.0 Å². The second-order valence-electron chi connectivity index (χ2n) is 7.09. The normalized spacial score (nSPS) is 11.0. The molecule has 0 aliphatic rings. The molecule has 34 heavy (non-hydrogen) atoms. The van der Waals surface area contributed by atoms with E-state index in [-0.39, 0.29) is 22.0 Å². The van der Waals surface area contributed by atoms with Crippen molar-refractivity contribution in [3.05, 3.63) is 103 Å². The highest BCUT2D eigenvalue weighted by Gasteiger charge is 2.31. The first kappa shape index (κ1) is 23.1. The third kappa shape index (κ3) is 5.62. The monoisotopic (exact) mass is 482 g/mol. The number of benzene rings is 3. The number of thiocarbonyl (C=S) groups is 1. The van der Waals surface area contributed by atoms with E-state index in [1.165, 1.54) is 24.5 Å². The summed E-state index contributed by atoms with van der Waals surface area (Å²) in [5, 5.41) is 5.34. The number of carbonyl (C=O) groups excluding carboxylic acids is 1. The standard InChI is InChI=1S/C25H17F3N2O3S/c26-25(27,28)17-7-4-6-16(14-17)21-12-13-32-22(21)23(31)30-24(34)29-18-8-5-11-20(15-18)33-19-9-2-1-3-10-19/h1-15H,(H2,29,30,31,34). The fraction of sp³-hybridized carbons (Fsp3) is 0.0400. The quantitative estimate of drug-likeness (QED) is 0.304. The molecule has 4 rings (SSSR count). The molecule has 5 nitrogen and oxygen atoms in total. The van der Waals surface area contributed by atoms with Gasteiger partial charge in [0.25, 0.3) is 5.91 Å². The van der Waals surface area contributed by atoms with Crippen molar-refractivity contribution in [2.45, 2.75) is 6.18 Å². The largest absolute Gasteiger partial charge is 0.459 e. The van der Waals surface area contributed by atoms with Crippen LogP contribution in [0.1, 0.15) is 16.1 Å². The maximum Gasteiger partial charge on any atom is 0.416 e. The molecule has 3 aromatic carbocycles. The molecule has 0 unspecified atom stereocenters. The number of carbonyl (C=O) groups is 1. The number of nitrogens with one attached hydrogen (secondary N) is 2. The minimum Gasteiger partial charge on any atom is -0.459 e. The predicted molar refractivity (Wildman–Crippen MR) is 126 cm³/mol. The average molecular weight is 482 g/mol. The van der Waals surface area contributed by atoms with Gasteiger partial charge in [0.05, 0.1) is 11.8 Å². The van der Waals surface area contributed by atoms with Gasteiger partial charge in [-0.25, -0.2) is 0 Å². The fourth-order valence-corrected chi connectivity index (χ4v) is 3.37. The third-order valence-electron chi connectivity index (χ3n) is 4.67. The number of halogens is 3. The van der Waals surface area contributed by atoms with Crippen molar-refractivity contribution < 1.29 is 27.1 Å². The number of hydrogen-bond acceptors (Lipinski definition) is 4. The molecule has 9 heteroatoms. The van der Waals surface area contributed by atoms with E-state index in [0.717, 1.165) is 12.1 Å². The molecule has 1 heterocycles. The lowest BCUT2D eigenvalue weighted by atomic mass is 10.0. The number of hydrogen-bond donors (Lipinski definition) is 2. The molecule has 0 bridgehead atoms. The van der Waals surface area contributed by atoms with E-state index in [1.807, 2.05) is 30.3 Å². The van der Waals surface area contributed by atoms with Gasteiger partial charge < -0.3 is 14.5 Å². The van der Waals surface area contributed by atoms with Crippen LogP contribution in [0.2, 0.25) is 0 Å². The lowest BCUT2D eigenvalue weighted by Gasteiger charge is -2.12. The Labute approximate surface area is 198 Å². The summed E-state index contributed by atoms with van der Waals surface area (Å²) in [5.41, 5.74) is 0.145. The minimum atomic E-state index is -4.51. The number of rotatable bonds is 5. The molecule has 0 aliphatic carbocycles. The second kappa shape index (κ2) is 9.80. The smallest absolute Gasteiger partial charge is 0.416 e. The van der Waals surface area contributed by atoms with Gasteiger partial charge in [-0.15, -0.1) is 0 Å². The Balaban J connectivity index is 1.44. The van der Waals surface area contributed by atoms with Crippen LogP contribution >= 0.6 is 12.2 Å². The van der Waals surface area contributed by atoms with Gasteiger partial charge in [0.1, 0.15) is 11.5 Å². The van der Waals surface area contributed by atoms with E-state index < -0.39 is 17.6 Å². The summed E-state index contributed by atoms with van der Waals surface area (Å²) in [5.74, 6) is 0.356. The summed E-state index contributed by atoms with van der Waals surface area (Å²) in [7, 11) is 0. The highest BCUT2D eigenvalue weighted by atomic mass is 32.1. The Morgan fingerprint density at radius 1 is 0.882 bits per heavy atom. The minimum absolute atomic E-state index is 0.0201. The Kier molecular flexibility index (Phi) is 6.65. The van der Waals surface area contributed by atoms with E-state index in [0.29, 0.717) is 17.2 Å². The van der Waals surface area contributed by atoms with E-state index in [1.54, 1.807) is 24.3 Å². The first-order valence-electron chi connectivity index (χ1n) is 10.00. The van der Waals surface area contributed by atoms with Crippen LogP contribution in [0.25, 0.3) is 11.1 Å². The van der Waals surface area contributed by atoms with Crippen molar-refractivity contribution >= 4 is 28.9 Å². The Bertz CT molecular complexity index is 1320. The summed E-state index contributed by atoms with van der Waals surface area (Å²) in [4.78, 5) is 12.7. The fourth-order valence-electron chi connectivity index (χ4n) is 3.16.